The van der Waals surface area contributed by atoms with E-state index >= 15 is 0 Å². The Morgan fingerprint density at radius 1 is 0.372 bits per heavy atom. The Kier molecular flexibility index (Phi) is 23.6. The van der Waals surface area contributed by atoms with Crippen molar-refractivity contribution in [1.29, 1.82) is 0 Å². The predicted molar refractivity (Wildman–Crippen MR) is 390 cm³/mol. The minimum atomic E-state index is 0. The van der Waals surface area contributed by atoms with Gasteiger partial charge in [0.1, 0.15) is 34.4 Å². The maximum absolute atomic E-state index is 7.27. The molecule has 8 aliphatic carbocycles. The van der Waals surface area contributed by atoms with Crippen molar-refractivity contribution in [1.82, 2.24) is 9.97 Å². The van der Waals surface area contributed by atoms with E-state index in [-0.39, 0.29) is 27.6 Å². The van der Waals surface area contributed by atoms with E-state index in [1.807, 2.05) is 0 Å². The molecule has 1 radical (unpaired) electrons. The van der Waals surface area contributed by atoms with Crippen LogP contribution in [0.1, 0.15) is 374 Å². The second-order valence-electron chi connectivity index (χ2n) is 33.4. The van der Waals surface area contributed by atoms with Gasteiger partial charge in [0.25, 0.3) is 0 Å². The number of rotatable bonds is 14. The molecule has 0 N–H and O–H groups in total. The van der Waals surface area contributed by atoms with Crippen LogP contribution in [0.5, 0.6) is 11.5 Å². The minimum Gasteiger partial charge on any atom is -0.658 e. The summed E-state index contributed by atoms with van der Waals surface area (Å²) in [5.41, 5.74) is 20.1. The van der Waals surface area contributed by atoms with Gasteiger partial charge in [0.2, 0.25) is 0 Å². The zero-order chi connectivity index (χ0) is 63.9. The predicted octanol–water partition coefficient (Wildman–Crippen LogP) is 25.0. The van der Waals surface area contributed by atoms with Gasteiger partial charge in [-0.2, -0.15) is 11.4 Å². The van der Waals surface area contributed by atoms with Crippen LogP contribution in [0.4, 0.5) is 0 Å². The summed E-state index contributed by atoms with van der Waals surface area (Å²) >= 11 is 0. The SMILES string of the molecule is CC(C)(C)c1ccc(O/C(=C2/N=C(C3CCCCC3)C=C2C2CCCCC2)c2[n-]c(C3CCCCC3)cc2C2CCCCC2)cc1.CC1=C(C2CCCCC2)/C(=C(\Oc2ccc(C(C)(C)C)cc2)c2[n-]c(C3CCCCC3)cc2C2CCCCC2)N=C1C1CCCCC1.[Co+2]. The molecule has 509 valence electrons. The first kappa shape index (κ1) is 69.3. The van der Waals surface area contributed by atoms with Gasteiger partial charge in [-0.1, -0.05) is 255 Å². The van der Waals surface area contributed by atoms with E-state index in [9.17, 15) is 0 Å². The fraction of sp³-hybridized carbons (Fsp3) is 0.655. The Morgan fingerprint density at radius 2 is 0.702 bits per heavy atom. The third kappa shape index (κ3) is 16.4. The number of allylic oxidation sites excluding steroid dienone is 4. The summed E-state index contributed by atoms with van der Waals surface area (Å²) in [6.45, 7) is 16.1. The molecule has 8 saturated carbocycles. The molecule has 0 atom stereocenters. The monoisotopic (exact) mass is 1310 g/mol. The fourth-order valence-corrected chi connectivity index (χ4v) is 19.0. The molecule has 0 bridgehead atoms. The second-order valence-corrected chi connectivity index (χ2v) is 33.4. The number of ether oxygens (including phenoxy) is 2. The number of aromatic nitrogens is 2. The van der Waals surface area contributed by atoms with E-state index in [1.165, 1.54) is 319 Å². The molecule has 0 saturated heterocycles. The quantitative estimate of drug-likeness (QED) is 0.118. The molecule has 10 aliphatic rings. The van der Waals surface area contributed by atoms with Crippen LogP contribution in [0.3, 0.4) is 0 Å². The van der Waals surface area contributed by atoms with Crippen LogP contribution >= 0.6 is 0 Å². The second kappa shape index (κ2) is 31.9. The van der Waals surface area contributed by atoms with Crippen molar-refractivity contribution in [2.24, 2.45) is 33.7 Å². The topological polar surface area (TPSA) is 71.4 Å². The molecule has 2 aliphatic heterocycles. The van der Waals surface area contributed by atoms with Crippen molar-refractivity contribution in [3.8, 4) is 11.5 Å². The van der Waals surface area contributed by atoms with Crippen LogP contribution in [0.15, 0.2) is 105 Å². The molecule has 8 fully saturated rings. The zero-order valence-corrected chi connectivity index (χ0v) is 60.7. The van der Waals surface area contributed by atoms with E-state index in [0.29, 0.717) is 47.3 Å². The van der Waals surface area contributed by atoms with E-state index in [4.69, 9.17) is 29.4 Å². The minimum absolute atomic E-state index is 0. The molecular formula is C87H120CoN4O2. The molecule has 4 heterocycles. The van der Waals surface area contributed by atoms with Gasteiger partial charge in [0, 0.05) is 23.3 Å². The molecule has 4 aromatic rings. The number of nitrogens with zero attached hydrogens (tertiary/aromatic N) is 4. The molecule has 7 heteroatoms. The molecular weight excluding hydrogens is 1190 g/mol. The summed E-state index contributed by atoms with van der Waals surface area (Å²) in [5.74, 6) is 8.34. The van der Waals surface area contributed by atoms with Gasteiger partial charge in [-0.3, -0.25) is 0 Å². The summed E-state index contributed by atoms with van der Waals surface area (Å²) in [7, 11) is 0. The Hall–Kier alpha value is -4.59. The van der Waals surface area contributed by atoms with Crippen molar-refractivity contribution in [2.45, 2.75) is 340 Å². The number of benzene rings is 2. The normalized spacial score (nSPS) is 23.9. The molecule has 0 unspecified atom stereocenters. The third-order valence-electron chi connectivity index (χ3n) is 24.7. The summed E-state index contributed by atoms with van der Waals surface area (Å²) < 4.78 is 14.5. The fourth-order valence-electron chi connectivity index (χ4n) is 19.0. The number of hydrogen-bond acceptors (Lipinski definition) is 4. The average molecular weight is 1310 g/mol. The van der Waals surface area contributed by atoms with Crippen LogP contribution < -0.4 is 19.4 Å². The summed E-state index contributed by atoms with van der Waals surface area (Å²) in [4.78, 5) is 22.7. The first-order chi connectivity index (χ1) is 45.3. The molecule has 0 amide bonds. The van der Waals surface area contributed by atoms with Crippen molar-refractivity contribution < 1.29 is 26.3 Å². The zero-order valence-electron chi connectivity index (χ0n) is 59.7. The van der Waals surface area contributed by atoms with Gasteiger partial charge in [-0.05, 0) is 214 Å². The Morgan fingerprint density at radius 3 is 1.09 bits per heavy atom. The van der Waals surface area contributed by atoms with Gasteiger partial charge in [-0.15, -0.1) is 0 Å². The van der Waals surface area contributed by atoms with Crippen molar-refractivity contribution in [3.05, 3.63) is 140 Å². The van der Waals surface area contributed by atoms with Gasteiger partial charge in [0.15, 0.2) is 0 Å². The van der Waals surface area contributed by atoms with E-state index in [0.717, 1.165) is 45.8 Å². The van der Waals surface area contributed by atoms with Crippen LogP contribution in [-0.4, -0.2) is 11.4 Å². The Balaban J connectivity index is 0.000000179. The molecule has 6 nitrogen and oxygen atoms in total. The number of aliphatic imine (C=N–C) groups is 2. The largest absolute Gasteiger partial charge is 2.00 e. The maximum Gasteiger partial charge on any atom is 2.00 e. The molecule has 94 heavy (non-hydrogen) atoms. The molecule has 0 spiro atoms. The van der Waals surface area contributed by atoms with Crippen molar-refractivity contribution >= 4 is 22.9 Å². The summed E-state index contributed by atoms with van der Waals surface area (Å²) in [6, 6.07) is 22.9. The van der Waals surface area contributed by atoms with E-state index in [1.54, 1.807) is 0 Å². The van der Waals surface area contributed by atoms with Gasteiger partial charge in [0.05, 0.1) is 0 Å². The molecule has 2 aromatic carbocycles. The van der Waals surface area contributed by atoms with Crippen LogP contribution in [0.25, 0.3) is 11.5 Å². The molecule has 14 rings (SSSR count). The van der Waals surface area contributed by atoms with E-state index < -0.39 is 0 Å². The smallest absolute Gasteiger partial charge is 0.658 e. The summed E-state index contributed by atoms with van der Waals surface area (Å²) in [6.07, 6.45) is 55.1. The first-order valence-corrected chi connectivity index (χ1v) is 39.3. The average Bonchev–Trinajstić information content (AvgIpc) is 1.63. The van der Waals surface area contributed by atoms with E-state index in [2.05, 4.69) is 115 Å². The third-order valence-corrected chi connectivity index (χ3v) is 24.7. The van der Waals surface area contributed by atoms with Crippen LogP contribution in [0, 0.1) is 23.7 Å². The van der Waals surface area contributed by atoms with Crippen LogP contribution in [-0.2, 0) is 27.6 Å². The van der Waals surface area contributed by atoms with Crippen LogP contribution in [0.2, 0.25) is 0 Å². The standard InChI is InChI=1S/C44H61N2O.C43H59N2O.Co/c1-30-39(33-21-13-7-14-22-33)42(46-40(30)34-23-15-8-16-24-34)43(47-36-27-25-35(26-28-36)44(2,3)4)41-37(31-17-9-5-10-18-31)29-38(45-41)32-19-11-6-12-20-32;1-43(2,3)34-24-26-35(27-25-34)46-42(40-36(30-16-8-4-9-17-30)28-38(44-40)32-20-12-6-13-21-32)41-37(31-18-10-5-11-19-31)29-39(45-41)33-22-14-7-15-23-33;/h25-29,31-34H,5-24H2,1-4H3;24-33H,4-23H2,1-3H3;/q2*-1;+2/b43-42+;42-40+;. The number of hydrogen-bond donors (Lipinski definition) is 0. The van der Waals surface area contributed by atoms with Gasteiger partial charge in [-0.25, -0.2) is 9.98 Å². The Labute approximate surface area is 580 Å². The van der Waals surface area contributed by atoms with Crippen molar-refractivity contribution in [3.63, 3.8) is 0 Å². The maximum atomic E-state index is 7.27. The van der Waals surface area contributed by atoms with Crippen molar-refractivity contribution in [2.75, 3.05) is 0 Å². The van der Waals surface area contributed by atoms with Gasteiger partial charge >= 0.3 is 16.8 Å². The molecule has 2 aromatic heterocycles. The first-order valence-electron chi connectivity index (χ1n) is 39.3. The summed E-state index contributed by atoms with van der Waals surface area (Å²) in [5, 5.41) is 0. The van der Waals surface area contributed by atoms with Gasteiger partial charge < -0.3 is 19.4 Å². The Bertz CT molecular complexity index is 3310.